The lowest BCUT2D eigenvalue weighted by Crippen LogP contribution is -1.96. The van der Waals surface area contributed by atoms with Gasteiger partial charge in [-0.15, -0.1) is 10.2 Å². The number of aromatic nitrogens is 3. The van der Waals surface area contributed by atoms with E-state index in [4.69, 9.17) is 14.4 Å². The van der Waals surface area contributed by atoms with Crippen LogP contribution in [0, 0.1) is 11.3 Å². The minimum atomic E-state index is 0.146. The first-order valence-electron chi connectivity index (χ1n) is 5.88. The zero-order valence-electron chi connectivity index (χ0n) is 11.1. The van der Waals surface area contributed by atoms with E-state index in [1.165, 1.54) is 6.20 Å². The van der Waals surface area contributed by atoms with E-state index >= 15 is 0 Å². The molecule has 1 N–H and O–H groups in total. The fourth-order valence-corrected chi connectivity index (χ4v) is 1.43. The number of nitrogens with zero attached hydrogens (tertiary/aromatic N) is 4. The van der Waals surface area contributed by atoms with Crippen molar-refractivity contribution in [3.63, 3.8) is 0 Å². The zero-order valence-corrected chi connectivity index (χ0v) is 11.1. The minimum Gasteiger partial charge on any atom is -0.482 e. The van der Waals surface area contributed by atoms with Gasteiger partial charge in [0, 0.05) is 18.8 Å². The third-order valence-corrected chi connectivity index (χ3v) is 2.38. The Morgan fingerprint density at radius 3 is 3.00 bits per heavy atom. The third kappa shape index (κ3) is 3.32. The van der Waals surface area contributed by atoms with Crippen molar-refractivity contribution >= 4 is 5.57 Å². The van der Waals surface area contributed by atoms with Crippen LogP contribution in [0.3, 0.4) is 0 Å². The quantitative estimate of drug-likeness (QED) is 0.879. The average molecular weight is 271 g/mol. The van der Waals surface area contributed by atoms with Crippen LogP contribution in [0.15, 0.2) is 28.9 Å². The first kappa shape index (κ1) is 13.5. The number of ether oxygens (including phenoxy) is 1. The van der Waals surface area contributed by atoms with Crippen LogP contribution < -0.4 is 10.1 Å². The van der Waals surface area contributed by atoms with Gasteiger partial charge in [-0.3, -0.25) is 0 Å². The van der Waals surface area contributed by atoms with Gasteiger partial charge in [0.05, 0.1) is 6.20 Å². The van der Waals surface area contributed by atoms with Gasteiger partial charge in [-0.25, -0.2) is 4.98 Å². The van der Waals surface area contributed by atoms with Crippen LogP contribution in [0.25, 0.3) is 5.57 Å². The molecule has 0 bridgehead atoms. The summed E-state index contributed by atoms with van der Waals surface area (Å²) >= 11 is 0. The maximum Gasteiger partial charge on any atom is 0.254 e. The standard InChI is InChI=1S/C13H13N5O2/c1-9(6-15-2)13-18-17-12(20-13)8-19-11-4-3-10(5-14)16-7-11/h3-4,6-7,15H,8H2,1-2H3/b9-6+. The van der Waals surface area contributed by atoms with Gasteiger partial charge in [-0.1, -0.05) is 0 Å². The Hall–Kier alpha value is -2.88. The normalized spacial score (nSPS) is 10.9. The molecule has 0 radical (unpaired) electrons. The lowest BCUT2D eigenvalue weighted by Gasteiger charge is -2.01. The van der Waals surface area contributed by atoms with Crippen LogP contribution in [0.4, 0.5) is 0 Å². The van der Waals surface area contributed by atoms with Crippen molar-refractivity contribution in [2.45, 2.75) is 13.5 Å². The highest BCUT2D eigenvalue weighted by molar-refractivity contribution is 5.54. The molecule has 0 atom stereocenters. The fraction of sp³-hybridized carbons (Fsp3) is 0.231. The van der Waals surface area contributed by atoms with Gasteiger partial charge in [-0.05, 0) is 19.1 Å². The molecule has 2 heterocycles. The number of nitrogens with one attached hydrogen (secondary N) is 1. The van der Waals surface area contributed by atoms with E-state index in [0.717, 1.165) is 5.57 Å². The Kier molecular flexibility index (Phi) is 4.29. The molecule has 0 saturated carbocycles. The molecule has 0 aromatic carbocycles. The number of pyridine rings is 1. The van der Waals surface area contributed by atoms with Gasteiger partial charge in [0.2, 0.25) is 5.89 Å². The molecular formula is C13H13N5O2. The van der Waals surface area contributed by atoms with E-state index in [1.807, 2.05) is 13.0 Å². The highest BCUT2D eigenvalue weighted by Gasteiger charge is 2.08. The molecule has 7 nitrogen and oxygen atoms in total. The van der Waals surface area contributed by atoms with Gasteiger partial charge in [-0.2, -0.15) is 5.26 Å². The molecule has 2 aromatic rings. The highest BCUT2D eigenvalue weighted by Crippen LogP contribution is 2.14. The number of allylic oxidation sites excluding steroid dienone is 1. The summed E-state index contributed by atoms with van der Waals surface area (Å²) in [7, 11) is 1.79. The summed E-state index contributed by atoms with van der Waals surface area (Å²) in [5.74, 6) is 1.34. The van der Waals surface area contributed by atoms with E-state index < -0.39 is 0 Å². The summed E-state index contributed by atoms with van der Waals surface area (Å²) in [4.78, 5) is 3.90. The maximum atomic E-state index is 8.64. The summed E-state index contributed by atoms with van der Waals surface area (Å²) < 4.78 is 10.9. The van der Waals surface area contributed by atoms with Crippen LogP contribution in [0.5, 0.6) is 5.75 Å². The van der Waals surface area contributed by atoms with Gasteiger partial charge in [0.25, 0.3) is 5.89 Å². The largest absolute Gasteiger partial charge is 0.482 e. The molecule has 0 aliphatic carbocycles. The van der Waals surface area contributed by atoms with E-state index in [0.29, 0.717) is 23.2 Å². The van der Waals surface area contributed by atoms with Gasteiger partial charge < -0.3 is 14.5 Å². The van der Waals surface area contributed by atoms with Crippen LogP contribution in [-0.4, -0.2) is 22.2 Å². The molecule has 0 aliphatic rings. The first-order chi connectivity index (χ1) is 9.72. The summed E-state index contributed by atoms with van der Waals surface area (Å²) in [6, 6.07) is 5.18. The Bertz CT molecular complexity index is 640. The minimum absolute atomic E-state index is 0.146. The summed E-state index contributed by atoms with van der Waals surface area (Å²) in [5, 5.41) is 19.3. The molecule has 2 rings (SSSR count). The molecule has 0 aliphatic heterocycles. The predicted octanol–water partition coefficient (Wildman–Crippen LogP) is 1.50. The molecule has 20 heavy (non-hydrogen) atoms. The van der Waals surface area contributed by atoms with Crippen molar-refractivity contribution in [2.75, 3.05) is 7.05 Å². The van der Waals surface area contributed by atoms with Gasteiger partial charge in [0.1, 0.15) is 17.5 Å². The van der Waals surface area contributed by atoms with Gasteiger partial charge >= 0.3 is 0 Å². The molecule has 0 saturated heterocycles. The SMILES string of the molecule is CN/C=C(\C)c1nnc(COc2ccc(C#N)nc2)o1. The zero-order chi connectivity index (χ0) is 14.4. The second-order valence-corrected chi connectivity index (χ2v) is 3.90. The van der Waals surface area contributed by atoms with E-state index in [2.05, 4.69) is 20.5 Å². The fourth-order valence-electron chi connectivity index (χ4n) is 1.43. The molecule has 2 aromatic heterocycles. The molecule has 0 unspecified atom stereocenters. The van der Waals surface area contributed by atoms with E-state index in [9.17, 15) is 0 Å². The van der Waals surface area contributed by atoms with Crippen molar-refractivity contribution < 1.29 is 9.15 Å². The molecular weight excluding hydrogens is 258 g/mol. The van der Waals surface area contributed by atoms with Crippen LogP contribution >= 0.6 is 0 Å². The monoisotopic (exact) mass is 271 g/mol. The Morgan fingerprint density at radius 1 is 1.50 bits per heavy atom. The Balaban J connectivity index is 1.97. The maximum absolute atomic E-state index is 8.64. The summed E-state index contributed by atoms with van der Waals surface area (Å²) in [6.45, 7) is 2.01. The number of rotatable bonds is 5. The summed E-state index contributed by atoms with van der Waals surface area (Å²) in [6.07, 6.45) is 3.24. The van der Waals surface area contributed by atoms with Crippen LogP contribution in [0.1, 0.15) is 24.4 Å². The third-order valence-electron chi connectivity index (χ3n) is 2.38. The molecule has 7 heteroatoms. The number of hydrogen-bond acceptors (Lipinski definition) is 7. The van der Waals surface area contributed by atoms with Crippen molar-refractivity contribution in [1.29, 1.82) is 5.26 Å². The van der Waals surface area contributed by atoms with E-state index in [-0.39, 0.29) is 6.61 Å². The van der Waals surface area contributed by atoms with Crippen LogP contribution in [0.2, 0.25) is 0 Å². The lowest BCUT2D eigenvalue weighted by molar-refractivity contribution is 0.261. The summed E-state index contributed by atoms with van der Waals surface area (Å²) in [5.41, 5.74) is 1.18. The number of hydrogen-bond donors (Lipinski definition) is 1. The predicted molar refractivity (Wildman–Crippen MR) is 70.3 cm³/mol. The van der Waals surface area contributed by atoms with Crippen molar-refractivity contribution in [3.05, 3.63) is 42.0 Å². The Morgan fingerprint density at radius 2 is 2.35 bits per heavy atom. The van der Waals surface area contributed by atoms with Crippen molar-refractivity contribution in [2.24, 2.45) is 0 Å². The smallest absolute Gasteiger partial charge is 0.254 e. The second-order valence-electron chi connectivity index (χ2n) is 3.90. The molecule has 0 spiro atoms. The highest BCUT2D eigenvalue weighted by atomic mass is 16.5. The number of nitriles is 1. The first-order valence-corrected chi connectivity index (χ1v) is 5.88. The molecule has 102 valence electrons. The van der Waals surface area contributed by atoms with Crippen molar-refractivity contribution in [1.82, 2.24) is 20.5 Å². The van der Waals surface area contributed by atoms with Crippen molar-refractivity contribution in [3.8, 4) is 11.8 Å². The Labute approximate surface area is 115 Å². The molecule has 0 amide bonds. The van der Waals surface area contributed by atoms with Crippen LogP contribution in [-0.2, 0) is 6.61 Å². The molecule has 0 fully saturated rings. The topological polar surface area (TPSA) is 96.9 Å². The van der Waals surface area contributed by atoms with E-state index in [1.54, 1.807) is 25.4 Å². The average Bonchev–Trinajstić information content (AvgIpc) is 2.95. The van der Waals surface area contributed by atoms with Gasteiger partial charge in [0.15, 0.2) is 6.61 Å². The lowest BCUT2D eigenvalue weighted by atomic mass is 10.3. The second kappa shape index (κ2) is 6.33.